The zero-order valence-electron chi connectivity index (χ0n) is 16.5. The summed E-state index contributed by atoms with van der Waals surface area (Å²) in [6.45, 7) is 2.59. The molecule has 5 nitrogen and oxygen atoms in total. The van der Waals surface area contributed by atoms with Crippen LogP contribution in [0.1, 0.15) is 22.4 Å². The summed E-state index contributed by atoms with van der Waals surface area (Å²) in [6, 6.07) is 17.7. The summed E-state index contributed by atoms with van der Waals surface area (Å²) in [5.41, 5.74) is 3.78. The van der Waals surface area contributed by atoms with Crippen LogP contribution in [0.2, 0.25) is 0 Å². The molecule has 4 rings (SSSR count). The first-order valence-electron chi connectivity index (χ1n) is 9.69. The van der Waals surface area contributed by atoms with Gasteiger partial charge in [0.1, 0.15) is 5.75 Å². The average molecular weight is 385 g/mol. The predicted octanol–water partition coefficient (Wildman–Crippen LogP) is 2.71. The predicted molar refractivity (Wildman–Crippen MR) is 113 cm³/mol. The zero-order valence-corrected chi connectivity index (χ0v) is 16.5. The molecule has 5 heteroatoms. The van der Waals surface area contributed by atoms with Crippen LogP contribution >= 0.6 is 0 Å². The van der Waals surface area contributed by atoms with Gasteiger partial charge in [-0.2, -0.15) is 0 Å². The van der Waals surface area contributed by atoms with E-state index in [-0.39, 0.29) is 5.56 Å². The smallest absolute Gasteiger partial charge is 0.258 e. The minimum atomic E-state index is 0.0338. The van der Waals surface area contributed by atoms with Gasteiger partial charge < -0.3 is 4.74 Å². The van der Waals surface area contributed by atoms with Gasteiger partial charge in [-0.05, 0) is 29.8 Å². The van der Waals surface area contributed by atoms with E-state index >= 15 is 0 Å². The number of aromatic nitrogens is 2. The molecule has 2 heterocycles. The lowest BCUT2D eigenvalue weighted by Gasteiger charge is -2.26. The Hall–Kier alpha value is -3.36. The maximum Gasteiger partial charge on any atom is 0.258 e. The maximum atomic E-state index is 13.0. The third kappa shape index (κ3) is 4.56. The second-order valence-corrected chi connectivity index (χ2v) is 7.08. The molecule has 0 saturated heterocycles. The molecule has 0 fully saturated rings. The molecule has 1 aliphatic rings. The normalized spacial score (nSPS) is 13.3. The van der Waals surface area contributed by atoms with E-state index in [9.17, 15) is 4.79 Å². The molecular formula is C24H23N3O2. The Kier molecular flexibility index (Phi) is 5.73. The molecule has 0 amide bonds. The van der Waals surface area contributed by atoms with Crippen molar-refractivity contribution < 1.29 is 4.74 Å². The van der Waals surface area contributed by atoms with E-state index in [2.05, 4.69) is 21.7 Å². The summed E-state index contributed by atoms with van der Waals surface area (Å²) in [6.07, 6.45) is 2.44. The van der Waals surface area contributed by atoms with Gasteiger partial charge in [0, 0.05) is 25.1 Å². The van der Waals surface area contributed by atoms with Crippen LogP contribution in [0.5, 0.6) is 5.75 Å². The summed E-state index contributed by atoms with van der Waals surface area (Å²) in [5.74, 6) is 7.21. The van der Waals surface area contributed by atoms with Crippen LogP contribution in [0.15, 0.2) is 65.7 Å². The fourth-order valence-corrected chi connectivity index (χ4v) is 3.46. The van der Waals surface area contributed by atoms with Gasteiger partial charge in [0.25, 0.3) is 5.56 Å². The Morgan fingerprint density at radius 2 is 1.90 bits per heavy atom. The number of hydrogen-bond acceptors (Lipinski definition) is 4. The van der Waals surface area contributed by atoms with Crippen molar-refractivity contribution in [3.05, 3.63) is 93.7 Å². The van der Waals surface area contributed by atoms with Crippen LogP contribution in [0.25, 0.3) is 0 Å². The Balaban J connectivity index is 1.47. The van der Waals surface area contributed by atoms with Crippen molar-refractivity contribution in [2.75, 3.05) is 20.2 Å². The molecule has 1 aromatic heterocycles. The van der Waals surface area contributed by atoms with Gasteiger partial charge in [-0.25, -0.2) is 4.98 Å². The van der Waals surface area contributed by atoms with Crippen LogP contribution in [-0.4, -0.2) is 34.7 Å². The van der Waals surface area contributed by atoms with Gasteiger partial charge in [-0.1, -0.05) is 42.2 Å². The molecule has 0 N–H and O–H groups in total. The molecule has 0 aliphatic carbocycles. The quantitative estimate of drug-likeness (QED) is 0.648. The van der Waals surface area contributed by atoms with Gasteiger partial charge in [0.15, 0.2) is 0 Å². The minimum absolute atomic E-state index is 0.0338. The maximum absolute atomic E-state index is 13.0. The van der Waals surface area contributed by atoms with Gasteiger partial charge in [-0.3, -0.25) is 14.3 Å². The Morgan fingerprint density at radius 1 is 1.10 bits per heavy atom. The number of benzene rings is 2. The van der Waals surface area contributed by atoms with Crippen molar-refractivity contribution in [3.8, 4) is 17.6 Å². The number of methoxy groups -OCH3 is 1. The first-order valence-corrected chi connectivity index (χ1v) is 9.69. The number of fused-ring (bicyclic) bond motifs is 1. The van der Waals surface area contributed by atoms with Crippen LogP contribution < -0.4 is 10.3 Å². The molecule has 1 aliphatic heterocycles. The SMILES string of the molecule is COc1ccc(Cn2cnc3c(c2=O)CN(CC#Cc2ccccc2)CC3)cc1. The lowest BCUT2D eigenvalue weighted by molar-refractivity contribution is 0.280. The molecule has 0 spiro atoms. The highest BCUT2D eigenvalue weighted by Crippen LogP contribution is 2.15. The van der Waals surface area contributed by atoms with Gasteiger partial charge in [0.05, 0.1) is 37.8 Å². The number of rotatable bonds is 4. The highest BCUT2D eigenvalue weighted by molar-refractivity contribution is 5.34. The lowest BCUT2D eigenvalue weighted by Crippen LogP contribution is -2.38. The topological polar surface area (TPSA) is 47.4 Å². The second kappa shape index (κ2) is 8.76. The number of hydrogen-bond donors (Lipinski definition) is 0. The molecule has 3 aromatic rings. The third-order valence-corrected chi connectivity index (χ3v) is 5.09. The first kappa shape index (κ1) is 19.0. The molecule has 0 bridgehead atoms. The van der Waals surface area contributed by atoms with E-state index in [1.165, 1.54) is 0 Å². The van der Waals surface area contributed by atoms with Gasteiger partial charge in [-0.15, -0.1) is 0 Å². The average Bonchev–Trinajstić information content (AvgIpc) is 2.77. The summed E-state index contributed by atoms with van der Waals surface area (Å²) in [7, 11) is 1.64. The summed E-state index contributed by atoms with van der Waals surface area (Å²) < 4.78 is 6.87. The van der Waals surface area contributed by atoms with E-state index in [0.29, 0.717) is 19.6 Å². The Labute approximate surface area is 170 Å². The molecule has 146 valence electrons. The van der Waals surface area contributed by atoms with E-state index in [1.54, 1.807) is 18.0 Å². The zero-order chi connectivity index (χ0) is 20.1. The fourth-order valence-electron chi connectivity index (χ4n) is 3.46. The Morgan fingerprint density at radius 3 is 2.66 bits per heavy atom. The van der Waals surface area contributed by atoms with Crippen LogP contribution in [0, 0.1) is 11.8 Å². The molecule has 0 radical (unpaired) electrons. The highest BCUT2D eigenvalue weighted by Gasteiger charge is 2.20. The summed E-state index contributed by atoms with van der Waals surface area (Å²) in [5, 5.41) is 0. The van der Waals surface area contributed by atoms with E-state index in [4.69, 9.17) is 4.74 Å². The van der Waals surface area contributed by atoms with Crippen molar-refractivity contribution in [2.45, 2.75) is 19.5 Å². The van der Waals surface area contributed by atoms with Crippen molar-refractivity contribution in [2.24, 2.45) is 0 Å². The van der Waals surface area contributed by atoms with Gasteiger partial charge in [0.2, 0.25) is 0 Å². The van der Waals surface area contributed by atoms with E-state index in [0.717, 1.165) is 41.1 Å². The standard InChI is InChI=1S/C24H23N3O2/c1-29-21-11-9-20(10-12-21)16-27-18-25-23-13-15-26(17-22(23)24(27)28)14-5-8-19-6-3-2-4-7-19/h2-4,6-7,9-12,18H,13-17H2,1H3. The largest absolute Gasteiger partial charge is 0.497 e. The molecule has 29 heavy (non-hydrogen) atoms. The van der Waals surface area contributed by atoms with Crippen molar-refractivity contribution in [1.82, 2.24) is 14.5 Å². The fraction of sp³-hybridized carbons (Fsp3) is 0.250. The minimum Gasteiger partial charge on any atom is -0.497 e. The van der Waals surface area contributed by atoms with E-state index < -0.39 is 0 Å². The van der Waals surface area contributed by atoms with Crippen molar-refractivity contribution >= 4 is 0 Å². The molecular weight excluding hydrogens is 362 g/mol. The second-order valence-electron chi connectivity index (χ2n) is 7.08. The number of ether oxygens (including phenoxy) is 1. The van der Waals surface area contributed by atoms with E-state index in [1.807, 2.05) is 54.6 Å². The summed E-state index contributed by atoms with van der Waals surface area (Å²) >= 11 is 0. The molecule has 0 unspecified atom stereocenters. The molecule has 0 atom stereocenters. The highest BCUT2D eigenvalue weighted by atomic mass is 16.5. The van der Waals surface area contributed by atoms with Crippen LogP contribution in [-0.2, 0) is 19.5 Å². The van der Waals surface area contributed by atoms with Crippen LogP contribution in [0.4, 0.5) is 0 Å². The van der Waals surface area contributed by atoms with Crippen molar-refractivity contribution in [3.63, 3.8) is 0 Å². The molecule has 2 aromatic carbocycles. The molecule has 0 saturated carbocycles. The monoisotopic (exact) mass is 385 g/mol. The van der Waals surface area contributed by atoms with Crippen LogP contribution in [0.3, 0.4) is 0 Å². The van der Waals surface area contributed by atoms with Gasteiger partial charge >= 0.3 is 0 Å². The lowest BCUT2D eigenvalue weighted by atomic mass is 10.1. The Bertz CT molecular complexity index is 1090. The summed E-state index contributed by atoms with van der Waals surface area (Å²) in [4.78, 5) is 19.8. The first-order chi connectivity index (χ1) is 14.2. The van der Waals surface area contributed by atoms with Crippen molar-refractivity contribution in [1.29, 1.82) is 0 Å². The number of nitrogens with zero attached hydrogens (tertiary/aromatic N) is 3. The third-order valence-electron chi connectivity index (χ3n) is 5.09.